The highest BCUT2D eigenvalue weighted by Gasteiger charge is 2.22. The molecule has 1 N–H and O–H groups in total. The van der Waals surface area contributed by atoms with Crippen LogP contribution in [0.2, 0.25) is 5.15 Å². The molecule has 112 valence electrons. The summed E-state index contributed by atoms with van der Waals surface area (Å²) in [5.41, 5.74) is 3.33. The number of aromatic nitrogens is 2. The molecule has 0 fully saturated rings. The Morgan fingerprint density at radius 3 is 2.82 bits per heavy atom. The summed E-state index contributed by atoms with van der Waals surface area (Å²) in [5, 5.41) is 20.5. The lowest BCUT2D eigenvalue weighted by Gasteiger charge is -2.20. The summed E-state index contributed by atoms with van der Waals surface area (Å²) >= 11 is 7.61. The second-order valence-corrected chi connectivity index (χ2v) is 6.46. The van der Waals surface area contributed by atoms with E-state index in [1.54, 1.807) is 6.20 Å². The van der Waals surface area contributed by atoms with Gasteiger partial charge in [0, 0.05) is 11.9 Å². The van der Waals surface area contributed by atoms with E-state index in [-0.39, 0.29) is 5.88 Å². The van der Waals surface area contributed by atoms with E-state index in [1.807, 2.05) is 12.1 Å². The summed E-state index contributed by atoms with van der Waals surface area (Å²) in [6.45, 7) is 0. The maximum atomic E-state index is 10.0. The van der Waals surface area contributed by atoms with Gasteiger partial charge in [-0.3, -0.25) is 0 Å². The second kappa shape index (κ2) is 6.55. The molecule has 2 heterocycles. The van der Waals surface area contributed by atoms with Crippen molar-refractivity contribution in [3.63, 3.8) is 0 Å². The Hall–Kier alpha value is -1.77. The van der Waals surface area contributed by atoms with Gasteiger partial charge in [-0.1, -0.05) is 17.7 Å². The van der Waals surface area contributed by atoms with E-state index < -0.39 is 0 Å². The van der Waals surface area contributed by atoms with Gasteiger partial charge in [-0.25, -0.2) is 9.97 Å². The number of rotatable bonds is 3. The lowest BCUT2D eigenvalue weighted by Crippen LogP contribution is -2.09. The summed E-state index contributed by atoms with van der Waals surface area (Å²) in [4.78, 5) is 8.30. The van der Waals surface area contributed by atoms with E-state index in [0.717, 1.165) is 47.4 Å². The number of hydrogen-bond donors (Lipinski definition) is 1. The molecule has 2 aromatic rings. The number of aromatic hydroxyl groups is 1. The van der Waals surface area contributed by atoms with Crippen molar-refractivity contribution in [2.45, 2.75) is 36.5 Å². The van der Waals surface area contributed by atoms with Gasteiger partial charge in [0.15, 0.2) is 0 Å². The zero-order chi connectivity index (χ0) is 15.5. The maximum Gasteiger partial charge on any atom is 0.230 e. The van der Waals surface area contributed by atoms with Crippen molar-refractivity contribution in [2.24, 2.45) is 0 Å². The molecule has 0 bridgehead atoms. The molecule has 2 aromatic heterocycles. The molecule has 1 aliphatic rings. The van der Waals surface area contributed by atoms with Crippen molar-refractivity contribution in [1.29, 1.82) is 5.26 Å². The molecular weight excluding hydrogens is 318 g/mol. The van der Waals surface area contributed by atoms with E-state index >= 15 is 0 Å². The van der Waals surface area contributed by atoms with Gasteiger partial charge in [0.25, 0.3) is 0 Å². The first kappa shape index (κ1) is 15.1. The van der Waals surface area contributed by atoms with Crippen LogP contribution in [0.5, 0.6) is 5.88 Å². The maximum absolute atomic E-state index is 10.0. The van der Waals surface area contributed by atoms with E-state index in [4.69, 9.17) is 11.6 Å². The zero-order valence-corrected chi connectivity index (χ0v) is 13.4. The van der Waals surface area contributed by atoms with Crippen LogP contribution in [0.3, 0.4) is 0 Å². The minimum absolute atomic E-state index is 0.164. The van der Waals surface area contributed by atoms with Crippen LogP contribution in [0, 0.1) is 11.3 Å². The molecule has 0 radical (unpaired) electrons. The van der Waals surface area contributed by atoms with Gasteiger partial charge in [0.05, 0.1) is 0 Å². The quantitative estimate of drug-likeness (QED) is 0.682. The molecule has 0 unspecified atom stereocenters. The van der Waals surface area contributed by atoms with Crippen molar-refractivity contribution < 1.29 is 5.11 Å². The van der Waals surface area contributed by atoms with Crippen LogP contribution in [-0.4, -0.2) is 15.1 Å². The summed E-state index contributed by atoms with van der Waals surface area (Å²) in [7, 11) is 0. The molecule has 0 saturated carbocycles. The molecule has 0 amide bonds. The van der Waals surface area contributed by atoms with Gasteiger partial charge < -0.3 is 5.11 Å². The number of nitriles is 1. The molecule has 0 spiro atoms. The van der Waals surface area contributed by atoms with Crippen molar-refractivity contribution in [2.75, 3.05) is 0 Å². The van der Waals surface area contributed by atoms with Crippen LogP contribution in [0.4, 0.5) is 0 Å². The largest absolute Gasteiger partial charge is 0.492 e. The first-order chi connectivity index (χ1) is 10.7. The summed E-state index contributed by atoms with van der Waals surface area (Å²) in [6, 6.07) is 5.86. The fraction of sp³-hybridized carbons (Fsp3) is 0.312. The van der Waals surface area contributed by atoms with Crippen LogP contribution in [-0.2, 0) is 18.6 Å². The second-order valence-electron chi connectivity index (χ2n) is 5.13. The van der Waals surface area contributed by atoms with E-state index in [9.17, 15) is 10.4 Å². The Morgan fingerprint density at radius 1 is 1.32 bits per heavy atom. The minimum Gasteiger partial charge on any atom is -0.492 e. The predicted octanol–water partition coefficient (Wildman–Crippen LogP) is 3.88. The van der Waals surface area contributed by atoms with E-state index in [2.05, 4.69) is 16.0 Å². The standard InChI is InChI=1S/C16H14ClN3OS/c17-14-10(4-3-7-19-14)9-22-16-12-6-2-1-5-11(12)13(8-18)15(21)20-16/h3-4,7H,1-2,5-6,9H2,(H,20,21). The lowest BCUT2D eigenvalue weighted by atomic mass is 9.90. The van der Waals surface area contributed by atoms with Crippen LogP contribution < -0.4 is 0 Å². The van der Waals surface area contributed by atoms with Crippen molar-refractivity contribution >= 4 is 23.4 Å². The van der Waals surface area contributed by atoms with E-state index in [0.29, 0.717) is 16.5 Å². The molecule has 22 heavy (non-hydrogen) atoms. The monoisotopic (exact) mass is 331 g/mol. The fourth-order valence-electron chi connectivity index (χ4n) is 2.68. The molecular formula is C16H14ClN3OS. The highest BCUT2D eigenvalue weighted by Crippen LogP contribution is 2.36. The number of thioether (sulfide) groups is 1. The number of halogens is 1. The van der Waals surface area contributed by atoms with Crippen LogP contribution in [0.1, 0.15) is 35.1 Å². The predicted molar refractivity (Wildman–Crippen MR) is 86.1 cm³/mol. The molecule has 4 nitrogen and oxygen atoms in total. The zero-order valence-electron chi connectivity index (χ0n) is 11.8. The highest BCUT2D eigenvalue weighted by atomic mass is 35.5. The Labute approximate surface area is 138 Å². The van der Waals surface area contributed by atoms with Crippen molar-refractivity contribution in [3.05, 3.63) is 45.7 Å². The summed E-state index contributed by atoms with van der Waals surface area (Å²) < 4.78 is 0. The Bertz CT molecular complexity index is 758. The molecule has 6 heteroatoms. The number of fused-ring (bicyclic) bond motifs is 1. The Kier molecular flexibility index (Phi) is 4.51. The van der Waals surface area contributed by atoms with Gasteiger partial charge in [0.2, 0.25) is 5.88 Å². The topological polar surface area (TPSA) is 69.8 Å². The van der Waals surface area contributed by atoms with Gasteiger partial charge >= 0.3 is 0 Å². The molecule has 0 aliphatic heterocycles. The molecule has 1 aliphatic carbocycles. The van der Waals surface area contributed by atoms with Gasteiger partial charge in [-0.15, -0.1) is 11.8 Å². The molecule has 0 atom stereocenters. The Balaban J connectivity index is 1.93. The highest BCUT2D eigenvalue weighted by molar-refractivity contribution is 7.98. The first-order valence-corrected chi connectivity index (χ1v) is 8.44. The lowest BCUT2D eigenvalue weighted by molar-refractivity contribution is 0.442. The third-order valence-electron chi connectivity index (χ3n) is 3.77. The van der Waals surface area contributed by atoms with Gasteiger partial charge in [-0.2, -0.15) is 5.26 Å². The molecule has 0 saturated heterocycles. The Morgan fingerprint density at radius 2 is 2.09 bits per heavy atom. The van der Waals surface area contributed by atoms with Crippen molar-refractivity contribution in [3.8, 4) is 11.9 Å². The third-order valence-corrected chi connectivity index (χ3v) is 5.18. The van der Waals surface area contributed by atoms with E-state index in [1.165, 1.54) is 11.8 Å². The van der Waals surface area contributed by atoms with Crippen LogP contribution in [0.15, 0.2) is 23.4 Å². The van der Waals surface area contributed by atoms with Gasteiger partial charge in [-0.05, 0) is 48.4 Å². The summed E-state index contributed by atoms with van der Waals surface area (Å²) in [6.07, 6.45) is 5.52. The average Bonchev–Trinajstić information content (AvgIpc) is 2.54. The first-order valence-electron chi connectivity index (χ1n) is 7.07. The SMILES string of the molecule is N#Cc1c(O)nc(SCc2cccnc2Cl)c2c1CCCC2. The number of nitrogens with zero attached hydrogens (tertiary/aromatic N) is 3. The smallest absolute Gasteiger partial charge is 0.230 e. The molecule has 3 rings (SSSR count). The summed E-state index contributed by atoms with van der Waals surface area (Å²) in [5.74, 6) is 0.472. The normalized spacial score (nSPS) is 13.5. The minimum atomic E-state index is -0.164. The van der Waals surface area contributed by atoms with Crippen LogP contribution in [0.25, 0.3) is 0 Å². The average molecular weight is 332 g/mol. The number of pyridine rings is 2. The number of hydrogen-bond acceptors (Lipinski definition) is 5. The third kappa shape index (κ3) is 2.90. The van der Waals surface area contributed by atoms with Crippen molar-refractivity contribution in [1.82, 2.24) is 9.97 Å². The molecule has 0 aromatic carbocycles. The fourth-order valence-corrected chi connectivity index (χ4v) is 4.02. The van der Waals surface area contributed by atoms with Gasteiger partial charge in [0.1, 0.15) is 21.8 Å². The van der Waals surface area contributed by atoms with Crippen LogP contribution >= 0.6 is 23.4 Å².